The van der Waals surface area contributed by atoms with Crippen LogP contribution in [0.5, 0.6) is 0 Å². The van der Waals surface area contributed by atoms with Gasteiger partial charge >= 0.3 is 0 Å². The Balaban J connectivity index is 1.59. The number of benzene rings is 2. The normalized spacial score (nSPS) is 12.2. The van der Waals surface area contributed by atoms with E-state index in [1.165, 1.54) is 17.4 Å². The number of nitro groups is 1. The molecule has 0 saturated carbocycles. The average molecular weight is 403 g/mol. The van der Waals surface area contributed by atoms with E-state index in [-0.39, 0.29) is 11.2 Å². The van der Waals surface area contributed by atoms with Crippen LogP contribution >= 0.6 is 11.3 Å². The number of thiazole rings is 1. The number of nitro benzene ring substituents is 1. The Kier molecular flexibility index (Phi) is 3.82. The molecule has 29 heavy (non-hydrogen) atoms. The SMILES string of the molecule is Cc1ccc(-c2ccc(/C=c3\sc4nc5ccccc5n4c3=O)o2)cc1[N+](=O)[O-]. The van der Waals surface area contributed by atoms with E-state index in [4.69, 9.17) is 4.42 Å². The molecule has 3 heterocycles. The molecule has 142 valence electrons. The van der Waals surface area contributed by atoms with Gasteiger partial charge in [0.25, 0.3) is 11.2 Å². The van der Waals surface area contributed by atoms with Gasteiger partial charge < -0.3 is 4.42 Å². The molecule has 0 N–H and O–H groups in total. The molecule has 0 aliphatic heterocycles. The number of rotatable bonds is 3. The Morgan fingerprint density at radius 2 is 2.00 bits per heavy atom. The van der Waals surface area contributed by atoms with Gasteiger partial charge in [0.2, 0.25) is 0 Å². The summed E-state index contributed by atoms with van der Waals surface area (Å²) >= 11 is 1.29. The lowest BCUT2D eigenvalue weighted by Crippen LogP contribution is -2.22. The lowest BCUT2D eigenvalue weighted by atomic mass is 10.1. The molecule has 5 aromatic rings. The number of furan rings is 1. The Morgan fingerprint density at radius 3 is 2.83 bits per heavy atom. The zero-order valence-corrected chi connectivity index (χ0v) is 16.0. The third-order valence-electron chi connectivity index (χ3n) is 4.74. The van der Waals surface area contributed by atoms with Crippen molar-refractivity contribution in [1.29, 1.82) is 0 Å². The van der Waals surface area contributed by atoms with Crippen molar-refractivity contribution in [3.05, 3.63) is 90.9 Å². The molecule has 0 atom stereocenters. The molecule has 8 heteroatoms. The zero-order chi connectivity index (χ0) is 20.1. The Labute approximate surface area is 167 Å². The summed E-state index contributed by atoms with van der Waals surface area (Å²) < 4.78 is 7.93. The van der Waals surface area contributed by atoms with Crippen molar-refractivity contribution in [2.24, 2.45) is 0 Å². The summed E-state index contributed by atoms with van der Waals surface area (Å²) in [6.45, 7) is 1.69. The summed E-state index contributed by atoms with van der Waals surface area (Å²) in [5.74, 6) is 0.993. The van der Waals surface area contributed by atoms with Crippen molar-refractivity contribution in [2.45, 2.75) is 6.92 Å². The smallest absolute Gasteiger partial charge is 0.275 e. The van der Waals surface area contributed by atoms with Crippen molar-refractivity contribution in [1.82, 2.24) is 9.38 Å². The average Bonchev–Trinajstić information content (AvgIpc) is 3.38. The highest BCUT2D eigenvalue weighted by molar-refractivity contribution is 7.15. The summed E-state index contributed by atoms with van der Waals surface area (Å²) in [4.78, 5) is 28.7. The van der Waals surface area contributed by atoms with Gasteiger partial charge in [0.15, 0.2) is 4.96 Å². The van der Waals surface area contributed by atoms with E-state index in [9.17, 15) is 14.9 Å². The Hall–Kier alpha value is -3.78. The molecule has 3 aromatic heterocycles. The largest absolute Gasteiger partial charge is 0.457 e. The molecule has 5 rings (SSSR count). The van der Waals surface area contributed by atoms with Crippen LogP contribution in [-0.4, -0.2) is 14.3 Å². The van der Waals surface area contributed by atoms with Gasteiger partial charge in [-0.1, -0.05) is 35.6 Å². The van der Waals surface area contributed by atoms with Crippen LogP contribution in [0.3, 0.4) is 0 Å². The number of aryl methyl sites for hydroxylation is 1. The van der Waals surface area contributed by atoms with Crippen LogP contribution in [0.2, 0.25) is 0 Å². The van der Waals surface area contributed by atoms with Crippen molar-refractivity contribution in [2.75, 3.05) is 0 Å². The number of para-hydroxylation sites is 2. The van der Waals surface area contributed by atoms with Gasteiger partial charge in [-0.2, -0.15) is 0 Å². The van der Waals surface area contributed by atoms with E-state index in [0.29, 0.717) is 32.1 Å². The second kappa shape index (κ2) is 6.39. The molecule has 0 unspecified atom stereocenters. The first-order valence-corrected chi connectivity index (χ1v) is 9.60. The van der Waals surface area contributed by atoms with E-state index >= 15 is 0 Å². The van der Waals surface area contributed by atoms with Gasteiger partial charge in [0, 0.05) is 23.3 Å². The summed E-state index contributed by atoms with van der Waals surface area (Å²) in [7, 11) is 0. The third kappa shape index (κ3) is 2.81. The molecule has 2 aromatic carbocycles. The summed E-state index contributed by atoms with van der Waals surface area (Å²) in [5, 5.41) is 11.2. The minimum atomic E-state index is -0.412. The minimum Gasteiger partial charge on any atom is -0.457 e. The molecule has 0 amide bonds. The van der Waals surface area contributed by atoms with Crippen LogP contribution < -0.4 is 10.1 Å². The van der Waals surface area contributed by atoms with Gasteiger partial charge in [-0.3, -0.25) is 14.9 Å². The molecule has 0 aliphatic rings. The van der Waals surface area contributed by atoms with Gasteiger partial charge in [0.05, 0.1) is 16.0 Å². The van der Waals surface area contributed by atoms with Gasteiger partial charge in [-0.05, 0) is 31.2 Å². The van der Waals surface area contributed by atoms with Crippen molar-refractivity contribution in [3.8, 4) is 11.3 Å². The van der Waals surface area contributed by atoms with E-state index in [0.717, 1.165) is 11.0 Å². The number of hydrogen-bond donors (Lipinski definition) is 0. The topological polar surface area (TPSA) is 90.7 Å². The number of nitrogens with zero attached hydrogens (tertiary/aromatic N) is 3. The number of hydrogen-bond acceptors (Lipinski definition) is 6. The fourth-order valence-corrected chi connectivity index (χ4v) is 4.25. The molecule has 0 fully saturated rings. The molecule has 0 spiro atoms. The lowest BCUT2D eigenvalue weighted by Gasteiger charge is -2.00. The van der Waals surface area contributed by atoms with Crippen LogP contribution in [0.15, 0.2) is 63.8 Å². The highest BCUT2D eigenvalue weighted by Gasteiger charge is 2.14. The Morgan fingerprint density at radius 1 is 1.17 bits per heavy atom. The maximum Gasteiger partial charge on any atom is 0.275 e. The van der Waals surface area contributed by atoms with Crippen LogP contribution in [0.4, 0.5) is 5.69 Å². The van der Waals surface area contributed by atoms with E-state index in [1.807, 2.05) is 24.3 Å². The van der Waals surface area contributed by atoms with Crippen LogP contribution in [-0.2, 0) is 0 Å². The van der Waals surface area contributed by atoms with Gasteiger partial charge in [0.1, 0.15) is 16.1 Å². The van der Waals surface area contributed by atoms with E-state index in [2.05, 4.69) is 4.98 Å². The fourth-order valence-electron chi connectivity index (χ4n) is 3.29. The third-order valence-corrected chi connectivity index (χ3v) is 5.70. The second-order valence-corrected chi connectivity index (χ2v) is 7.60. The van der Waals surface area contributed by atoms with Crippen LogP contribution in [0.25, 0.3) is 33.4 Å². The summed E-state index contributed by atoms with van der Waals surface area (Å²) in [6.07, 6.45) is 1.67. The van der Waals surface area contributed by atoms with Crippen molar-refractivity contribution >= 4 is 39.1 Å². The minimum absolute atomic E-state index is 0.0395. The molecule has 0 aliphatic carbocycles. The molecule has 0 saturated heterocycles. The first kappa shape index (κ1) is 17.3. The number of imidazole rings is 1. The maximum absolute atomic E-state index is 12.8. The highest BCUT2D eigenvalue weighted by Crippen LogP contribution is 2.28. The highest BCUT2D eigenvalue weighted by atomic mass is 32.1. The molecule has 7 nitrogen and oxygen atoms in total. The van der Waals surface area contributed by atoms with Crippen LogP contribution in [0, 0.1) is 17.0 Å². The fraction of sp³-hybridized carbons (Fsp3) is 0.0476. The van der Waals surface area contributed by atoms with Crippen molar-refractivity contribution < 1.29 is 9.34 Å². The Bertz CT molecular complexity index is 1530. The number of aromatic nitrogens is 2. The lowest BCUT2D eigenvalue weighted by molar-refractivity contribution is -0.385. The predicted molar refractivity (Wildman–Crippen MR) is 111 cm³/mol. The van der Waals surface area contributed by atoms with Crippen molar-refractivity contribution in [3.63, 3.8) is 0 Å². The maximum atomic E-state index is 12.8. The van der Waals surface area contributed by atoms with E-state index < -0.39 is 4.92 Å². The van der Waals surface area contributed by atoms with Gasteiger partial charge in [-0.25, -0.2) is 9.38 Å². The standard InChI is InChI=1S/C21H13N3O4S/c1-12-6-7-13(10-17(12)24(26)27)18-9-8-14(28-18)11-19-20(25)23-16-5-3-2-4-15(16)22-21(23)29-19/h2-11H,1H3/b19-11-. The quantitative estimate of drug-likeness (QED) is 0.336. The van der Waals surface area contributed by atoms with Gasteiger partial charge in [-0.15, -0.1) is 0 Å². The summed E-state index contributed by atoms with van der Waals surface area (Å²) in [5.41, 5.74) is 2.64. The molecular weight excluding hydrogens is 390 g/mol. The molecule has 0 bridgehead atoms. The molecular formula is C21H13N3O4S. The van der Waals surface area contributed by atoms with Crippen LogP contribution in [0.1, 0.15) is 11.3 Å². The zero-order valence-electron chi connectivity index (χ0n) is 15.2. The second-order valence-electron chi connectivity index (χ2n) is 6.59. The summed E-state index contributed by atoms with van der Waals surface area (Å²) in [6, 6.07) is 15.9. The monoisotopic (exact) mass is 403 g/mol. The predicted octanol–water partition coefficient (Wildman–Crippen LogP) is 3.93. The first-order chi connectivity index (χ1) is 14.0. The van der Waals surface area contributed by atoms with E-state index in [1.54, 1.807) is 41.7 Å². The molecule has 0 radical (unpaired) electrons. The first-order valence-electron chi connectivity index (χ1n) is 8.78. The number of fused-ring (bicyclic) bond motifs is 3.